The fourth-order valence-electron chi connectivity index (χ4n) is 2.23. The quantitative estimate of drug-likeness (QED) is 0.864. The number of benzene rings is 2. The first-order valence-electron chi connectivity index (χ1n) is 6.46. The number of thiocarbonyl (C=S) groups is 1. The number of rotatable bonds is 4. The number of hydrogen-bond donors (Lipinski definition) is 1. The van der Waals surface area contributed by atoms with Crippen molar-refractivity contribution in [2.45, 2.75) is 13.8 Å². The minimum absolute atomic E-state index is 0.200. The molecule has 2 aromatic carbocycles. The van der Waals surface area contributed by atoms with E-state index in [1.165, 1.54) is 17.7 Å². The molecule has 2 nitrogen and oxygen atoms in total. The van der Waals surface area contributed by atoms with Gasteiger partial charge in [-0.2, -0.15) is 0 Å². The minimum Gasteiger partial charge on any atom is -0.389 e. The zero-order chi connectivity index (χ0) is 14.7. The Balaban J connectivity index is 2.55. The maximum absolute atomic E-state index is 13.4. The Bertz CT molecular complexity index is 640. The monoisotopic (exact) mass is 288 g/mol. The first kappa shape index (κ1) is 14.5. The van der Waals surface area contributed by atoms with Gasteiger partial charge < -0.3 is 10.6 Å². The summed E-state index contributed by atoms with van der Waals surface area (Å²) in [6.07, 6.45) is 0. The molecule has 0 radical (unpaired) electrons. The Morgan fingerprint density at radius 1 is 1.25 bits per heavy atom. The molecule has 0 amide bonds. The van der Waals surface area contributed by atoms with E-state index in [-0.39, 0.29) is 10.8 Å². The van der Waals surface area contributed by atoms with Crippen molar-refractivity contribution in [1.82, 2.24) is 0 Å². The highest BCUT2D eigenvalue weighted by Crippen LogP contribution is 2.29. The standard InChI is InChI=1S/C16H17FN2S/c1-3-19(13-6-4-5-11(2)9-13)15-8-7-12(17)10-14(15)16(18)20/h4-10H,3H2,1-2H3,(H2,18,20). The molecule has 2 N–H and O–H groups in total. The molecule has 0 spiro atoms. The van der Waals surface area contributed by atoms with Gasteiger partial charge in [-0.05, 0) is 49.7 Å². The molecule has 0 aromatic heterocycles. The van der Waals surface area contributed by atoms with Crippen LogP contribution in [0.1, 0.15) is 18.1 Å². The molecule has 0 bridgehead atoms. The predicted molar refractivity (Wildman–Crippen MR) is 86.1 cm³/mol. The summed E-state index contributed by atoms with van der Waals surface area (Å²) in [6, 6.07) is 12.7. The van der Waals surface area contributed by atoms with Gasteiger partial charge in [0.1, 0.15) is 10.8 Å². The lowest BCUT2D eigenvalue weighted by atomic mass is 10.1. The molecule has 0 aliphatic heterocycles. The molecule has 0 aliphatic carbocycles. The maximum Gasteiger partial charge on any atom is 0.124 e. The van der Waals surface area contributed by atoms with E-state index in [9.17, 15) is 4.39 Å². The van der Waals surface area contributed by atoms with E-state index < -0.39 is 0 Å². The Morgan fingerprint density at radius 3 is 2.60 bits per heavy atom. The van der Waals surface area contributed by atoms with Crippen molar-refractivity contribution in [2.75, 3.05) is 11.4 Å². The first-order valence-corrected chi connectivity index (χ1v) is 6.87. The molecule has 20 heavy (non-hydrogen) atoms. The third-order valence-electron chi connectivity index (χ3n) is 3.14. The average Bonchev–Trinajstić information content (AvgIpc) is 2.41. The predicted octanol–water partition coefficient (Wildman–Crippen LogP) is 3.93. The summed E-state index contributed by atoms with van der Waals surface area (Å²) in [7, 11) is 0. The molecule has 2 aromatic rings. The highest BCUT2D eigenvalue weighted by molar-refractivity contribution is 7.80. The second-order valence-electron chi connectivity index (χ2n) is 4.61. The van der Waals surface area contributed by atoms with E-state index >= 15 is 0 Å². The fraction of sp³-hybridized carbons (Fsp3) is 0.188. The van der Waals surface area contributed by atoms with Gasteiger partial charge in [0.05, 0.1) is 5.69 Å². The van der Waals surface area contributed by atoms with Crippen LogP contribution in [0.2, 0.25) is 0 Å². The summed E-state index contributed by atoms with van der Waals surface area (Å²) in [6.45, 7) is 4.82. The number of halogens is 1. The van der Waals surface area contributed by atoms with E-state index in [4.69, 9.17) is 18.0 Å². The summed E-state index contributed by atoms with van der Waals surface area (Å²) in [4.78, 5) is 2.27. The van der Waals surface area contributed by atoms with Crippen LogP contribution in [-0.4, -0.2) is 11.5 Å². The molecule has 0 fully saturated rings. The van der Waals surface area contributed by atoms with Crippen molar-refractivity contribution in [3.8, 4) is 0 Å². The summed E-state index contributed by atoms with van der Waals surface area (Å²) < 4.78 is 13.4. The van der Waals surface area contributed by atoms with Gasteiger partial charge in [-0.25, -0.2) is 4.39 Å². The van der Waals surface area contributed by atoms with E-state index in [1.54, 1.807) is 6.07 Å². The van der Waals surface area contributed by atoms with Gasteiger partial charge in [0.15, 0.2) is 0 Å². The minimum atomic E-state index is -0.336. The van der Waals surface area contributed by atoms with Crippen molar-refractivity contribution >= 4 is 28.6 Å². The number of aryl methyl sites for hydroxylation is 1. The maximum atomic E-state index is 13.4. The summed E-state index contributed by atoms with van der Waals surface area (Å²) in [5, 5.41) is 0. The lowest BCUT2D eigenvalue weighted by Gasteiger charge is -2.26. The summed E-state index contributed by atoms with van der Waals surface area (Å²) in [5.74, 6) is -0.336. The molecule has 0 saturated carbocycles. The third kappa shape index (κ3) is 2.96. The van der Waals surface area contributed by atoms with Crippen molar-refractivity contribution in [3.05, 3.63) is 59.4 Å². The van der Waals surface area contributed by atoms with E-state index in [2.05, 4.69) is 11.0 Å². The van der Waals surface area contributed by atoms with Crippen LogP contribution in [0.4, 0.5) is 15.8 Å². The Kier molecular flexibility index (Phi) is 4.35. The van der Waals surface area contributed by atoms with Crippen LogP contribution in [0, 0.1) is 12.7 Å². The van der Waals surface area contributed by atoms with Crippen LogP contribution in [0.3, 0.4) is 0 Å². The molecule has 2 rings (SSSR count). The number of anilines is 2. The lowest BCUT2D eigenvalue weighted by Crippen LogP contribution is -2.21. The largest absolute Gasteiger partial charge is 0.389 e. The summed E-state index contributed by atoms with van der Waals surface area (Å²) in [5.41, 5.74) is 9.31. The highest BCUT2D eigenvalue weighted by atomic mass is 32.1. The highest BCUT2D eigenvalue weighted by Gasteiger charge is 2.14. The fourth-order valence-corrected chi connectivity index (χ4v) is 2.39. The number of nitrogens with zero attached hydrogens (tertiary/aromatic N) is 1. The lowest BCUT2D eigenvalue weighted by molar-refractivity contribution is 0.627. The SMILES string of the molecule is CCN(c1cccc(C)c1)c1ccc(F)cc1C(N)=S. The molecule has 0 aliphatic rings. The first-order chi connectivity index (χ1) is 9.52. The Morgan fingerprint density at radius 2 is 2.00 bits per heavy atom. The molecule has 4 heteroatoms. The van der Waals surface area contributed by atoms with Crippen molar-refractivity contribution in [2.24, 2.45) is 5.73 Å². The van der Waals surface area contributed by atoms with Crippen LogP contribution >= 0.6 is 12.2 Å². The van der Waals surface area contributed by atoms with Gasteiger partial charge in [-0.1, -0.05) is 24.4 Å². The topological polar surface area (TPSA) is 29.3 Å². The van der Waals surface area contributed by atoms with Crippen LogP contribution in [0.5, 0.6) is 0 Å². The van der Waals surface area contributed by atoms with E-state index in [0.717, 1.165) is 17.9 Å². The van der Waals surface area contributed by atoms with Crippen LogP contribution in [-0.2, 0) is 0 Å². The third-order valence-corrected chi connectivity index (χ3v) is 3.36. The van der Waals surface area contributed by atoms with E-state index in [1.807, 2.05) is 32.0 Å². The normalized spacial score (nSPS) is 10.3. The average molecular weight is 288 g/mol. The zero-order valence-electron chi connectivity index (χ0n) is 11.6. The Labute approximate surface area is 124 Å². The molecule has 0 atom stereocenters. The molecule has 104 valence electrons. The van der Waals surface area contributed by atoms with Gasteiger partial charge in [0, 0.05) is 17.8 Å². The van der Waals surface area contributed by atoms with Gasteiger partial charge in [-0.15, -0.1) is 0 Å². The van der Waals surface area contributed by atoms with Crippen molar-refractivity contribution in [1.29, 1.82) is 0 Å². The molecule has 0 saturated heterocycles. The smallest absolute Gasteiger partial charge is 0.124 e. The number of hydrogen-bond acceptors (Lipinski definition) is 2. The van der Waals surface area contributed by atoms with Gasteiger partial charge >= 0.3 is 0 Å². The van der Waals surface area contributed by atoms with Gasteiger partial charge in [0.25, 0.3) is 0 Å². The number of nitrogens with two attached hydrogens (primary N) is 1. The van der Waals surface area contributed by atoms with Crippen LogP contribution in [0.25, 0.3) is 0 Å². The van der Waals surface area contributed by atoms with Crippen molar-refractivity contribution in [3.63, 3.8) is 0 Å². The molecular formula is C16H17FN2S. The second kappa shape index (κ2) is 6.01. The van der Waals surface area contributed by atoms with Crippen LogP contribution < -0.4 is 10.6 Å². The molecule has 0 unspecified atom stereocenters. The zero-order valence-corrected chi connectivity index (χ0v) is 12.4. The molecular weight excluding hydrogens is 271 g/mol. The van der Waals surface area contributed by atoms with Crippen molar-refractivity contribution < 1.29 is 4.39 Å². The Hall–Kier alpha value is -1.94. The van der Waals surface area contributed by atoms with Gasteiger partial charge in [-0.3, -0.25) is 0 Å². The van der Waals surface area contributed by atoms with Crippen LogP contribution in [0.15, 0.2) is 42.5 Å². The van der Waals surface area contributed by atoms with Gasteiger partial charge in [0.2, 0.25) is 0 Å². The van der Waals surface area contributed by atoms with E-state index in [0.29, 0.717) is 5.56 Å². The summed E-state index contributed by atoms with van der Waals surface area (Å²) >= 11 is 5.04. The second-order valence-corrected chi connectivity index (χ2v) is 5.05. The molecule has 0 heterocycles.